The van der Waals surface area contributed by atoms with E-state index in [4.69, 9.17) is 9.84 Å². The highest BCUT2D eigenvalue weighted by Gasteiger charge is 2.07. The Labute approximate surface area is 92.3 Å². The van der Waals surface area contributed by atoms with Gasteiger partial charge >= 0.3 is 0 Å². The summed E-state index contributed by atoms with van der Waals surface area (Å²) in [6.45, 7) is 5.96. The van der Waals surface area contributed by atoms with Gasteiger partial charge in [-0.3, -0.25) is 0 Å². The molecule has 0 atom stereocenters. The zero-order valence-electron chi connectivity index (χ0n) is 8.09. The van der Waals surface area contributed by atoms with Crippen molar-refractivity contribution in [1.82, 2.24) is 0 Å². The van der Waals surface area contributed by atoms with Crippen molar-refractivity contribution < 1.29 is 9.84 Å². The number of rotatable bonds is 4. The summed E-state index contributed by atoms with van der Waals surface area (Å²) >= 11 is 3.37. The van der Waals surface area contributed by atoms with Crippen LogP contribution in [0.4, 0.5) is 0 Å². The summed E-state index contributed by atoms with van der Waals surface area (Å²) in [7, 11) is 0. The molecular formula is C11H13BrO2. The highest BCUT2D eigenvalue weighted by atomic mass is 79.9. The highest BCUT2D eigenvalue weighted by molar-refractivity contribution is 9.10. The molecule has 1 aromatic rings. The molecule has 0 aliphatic carbocycles. The van der Waals surface area contributed by atoms with Gasteiger partial charge in [0.25, 0.3) is 0 Å². The third kappa shape index (κ3) is 2.59. The fourth-order valence-electron chi connectivity index (χ4n) is 1.27. The minimum absolute atomic E-state index is 0.0211. The lowest BCUT2D eigenvalue weighted by Crippen LogP contribution is -2.00. The Morgan fingerprint density at radius 1 is 1.57 bits per heavy atom. The maximum absolute atomic E-state index is 9.14. The molecule has 1 aromatic carbocycles. The third-order valence-corrected chi connectivity index (χ3v) is 2.29. The molecule has 0 unspecified atom stereocenters. The highest BCUT2D eigenvalue weighted by Crippen LogP contribution is 2.28. The van der Waals surface area contributed by atoms with Crippen molar-refractivity contribution in [2.75, 3.05) is 6.61 Å². The number of aliphatic hydroxyl groups excluding tert-OH is 1. The monoisotopic (exact) mass is 256 g/mol. The average Bonchev–Trinajstić information content (AvgIpc) is 2.15. The van der Waals surface area contributed by atoms with Crippen molar-refractivity contribution in [3.63, 3.8) is 0 Å². The molecule has 0 spiro atoms. The molecule has 1 rings (SSSR count). The Bertz CT molecular complexity index is 334. The first-order chi connectivity index (χ1) is 6.69. The topological polar surface area (TPSA) is 29.5 Å². The van der Waals surface area contributed by atoms with Gasteiger partial charge in [-0.25, -0.2) is 0 Å². The van der Waals surface area contributed by atoms with Gasteiger partial charge in [-0.2, -0.15) is 0 Å². The zero-order chi connectivity index (χ0) is 10.6. The van der Waals surface area contributed by atoms with Crippen LogP contribution in [0.1, 0.15) is 11.1 Å². The first-order valence-corrected chi connectivity index (χ1v) is 5.12. The Kier molecular flexibility index (Phi) is 4.17. The normalized spacial score (nSPS) is 9.93. The SMILES string of the molecule is C=CCOc1c(C)cc(Br)cc1CO. The number of aryl methyl sites for hydroxylation is 1. The standard InChI is InChI=1S/C11H13BrO2/c1-3-4-14-11-8(2)5-10(12)6-9(11)7-13/h3,5-6,13H,1,4,7H2,2H3. The van der Waals surface area contributed by atoms with Crippen LogP contribution < -0.4 is 4.74 Å². The molecule has 1 N–H and O–H groups in total. The maximum Gasteiger partial charge on any atom is 0.128 e. The van der Waals surface area contributed by atoms with Crippen molar-refractivity contribution in [1.29, 1.82) is 0 Å². The van der Waals surface area contributed by atoms with Crippen molar-refractivity contribution >= 4 is 15.9 Å². The quantitative estimate of drug-likeness (QED) is 0.840. The van der Waals surface area contributed by atoms with Crippen LogP contribution in [-0.4, -0.2) is 11.7 Å². The summed E-state index contributed by atoms with van der Waals surface area (Å²) in [5.74, 6) is 0.746. The second-order valence-corrected chi connectivity index (χ2v) is 3.88. The van der Waals surface area contributed by atoms with Crippen LogP contribution in [0.2, 0.25) is 0 Å². The van der Waals surface area contributed by atoms with Crippen molar-refractivity contribution in [2.24, 2.45) is 0 Å². The number of hydrogen-bond acceptors (Lipinski definition) is 2. The molecular weight excluding hydrogens is 244 g/mol. The number of halogens is 1. The largest absolute Gasteiger partial charge is 0.489 e. The molecule has 14 heavy (non-hydrogen) atoms. The smallest absolute Gasteiger partial charge is 0.128 e. The van der Waals surface area contributed by atoms with E-state index < -0.39 is 0 Å². The van der Waals surface area contributed by atoms with Gasteiger partial charge in [0.05, 0.1) is 6.61 Å². The number of aliphatic hydroxyl groups is 1. The fourth-order valence-corrected chi connectivity index (χ4v) is 1.89. The molecule has 76 valence electrons. The van der Waals surface area contributed by atoms with Crippen LogP contribution in [0, 0.1) is 6.92 Å². The van der Waals surface area contributed by atoms with Crippen LogP contribution in [0.3, 0.4) is 0 Å². The minimum Gasteiger partial charge on any atom is -0.489 e. The van der Waals surface area contributed by atoms with Crippen LogP contribution in [0.5, 0.6) is 5.75 Å². The lowest BCUT2D eigenvalue weighted by Gasteiger charge is -2.12. The molecule has 0 bridgehead atoms. The molecule has 0 fully saturated rings. The number of benzene rings is 1. The van der Waals surface area contributed by atoms with Gasteiger partial charge in [0.15, 0.2) is 0 Å². The Morgan fingerprint density at radius 3 is 2.86 bits per heavy atom. The molecule has 0 aromatic heterocycles. The van der Waals surface area contributed by atoms with Crippen LogP contribution in [0.15, 0.2) is 29.3 Å². The van der Waals surface area contributed by atoms with Gasteiger partial charge in [0, 0.05) is 10.0 Å². The number of ether oxygens (including phenoxy) is 1. The van der Waals surface area contributed by atoms with Gasteiger partial charge < -0.3 is 9.84 Å². The van der Waals surface area contributed by atoms with Gasteiger partial charge in [-0.15, -0.1) is 0 Å². The summed E-state index contributed by atoms with van der Waals surface area (Å²) in [6, 6.07) is 3.81. The summed E-state index contributed by atoms with van der Waals surface area (Å²) in [6.07, 6.45) is 1.68. The lowest BCUT2D eigenvalue weighted by molar-refractivity contribution is 0.269. The second kappa shape index (κ2) is 5.17. The summed E-state index contributed by atoms with van der Waals surface area (Å²) < 4.78 is 6.41. The van der Waals surface area contributed by atoms with E-state index in [1.54, 1.807) is 6.08 Å². The van der Waals surface area contributed by atoms with Crippen LogP contribution in [-0.2, 0) is 6.61 Å². The molecule has 0 aliphatic rings. The average molecular weight is 257 g/mol. The molecule has 0 saturated heterocycles. The maximum atomic E-state index is 9.14. The lowest BCUT2D eigenvalue weighted by atomic mass is 10.1. The summed E-state index contributed by atoms with van der Waals surface area (Å²) in [5, 5.41) is 9.14. The molecule has 0 aliphatic heterocycles. The second-order valence-electron chi connectivity index (χ2n) is 2.97. The fraction of sp³-hybridized carbons (Fsp3) is 0.273. The van der Waals surface area contributed by atoms with Gasteiger partial charge in [0.2, 0.25) is 0 Å². The van der Waals surface area contributed by atoms with Gasteiger partial charge in [-0.05, 0) is 24.6 Å². The Balaban J connectivity index is 3.04. The van der Waals surface area contributed by atoms with E-state index in [0.29, 0.717) is 6.61 Å². The summed E-state index contributed by atoms with van der Waals surface area (Å²) in [4.78, 5) is 0. The first-order valence-electron chi connectivity index (χ1n) is 4.32. The molecule has 0 heterocycles. The predicted molar refractivity (Wildman–Crippen MR) is 60.5 cm³/mol. The summed E-state index contributed by atoms with van der Waals surface area (Å²) in [5.41, 5.74) is 1.80. The van der Waals surface area contributed by atoms with Gasteiger partial charge in [-0.1, -0.05) is 28.6 Å². The molecule has 0 amide bonds. The van der Waals surface area contributed by atoms with Crippen LogP contribution in [0.25, 0.3) is 0 Å². The van der Waals surface area contributed by atoms with Crippen molar-refractivity contribution in [3.05, 3.63) is 40.4 Å². The first kappa shape index (κ1) is 11.3. The molecule has 2 nitrogen and oxygen atoms in total. The Hall–Kier alpha value is -0.800. The van der Waals surface area contributed by atoms with E-state index >= 15 is 0 Å². The minimum atomic E-state index is -0.0211. The molecule has 0 radical (unpaired) electrons. The molecule has 0 saturated carbocycles. The van der Waals surface area contributed by atoms with E-state index in [0.717, 1.165) is 21.3 Å². The van der Waals surface area contributed by atoms with E-state index in [2.05, 4.69) is 22.5 Å². The van der Waals surface area contributed by atoms with E-state index in [-0.39, 0.29) is 6.61 Å². The predicted octanol–water partition coefficient (Wildman–Crippen LogP) is 2.81. The number of hydrogen-bond donors (Lipinski definition) is 1. The van der Waals surface area contributed by atoms with Crippen molar-refractivity contribution in [3.8, 4) is 5.75 Å². The van der Waals surface area contributed by atoms with Gasteiger partial charge in [0.1, 0.15) is 12.4 Å². The molecule has 3 heteroatoms. The van der Waals surface area contributed by atoms with Crippen molar-refractivity contribution in [2.45, 2.75) is 13.5 Å². The van der Waals surface area contributed by atoms with E-state index in [9.17, 15) is 0 Å². The van der Waals surface area contributed by atoms with Crippen LogP contribution >= 0.6 is 15.9 Å². The van der Waals surface area contributed by atoms with E-state index in [1.807, 2.05) is 19.1 Å². The Morgan fingerprint density at radius 2 is 2.29 bits per heavy atom. The van der Waals surface area contributed by atoms with E-state index in [1.165, 1.54) is 0 Å². The zero-order valence-corrected chi connectivity index (χ0v) is 9.67. The third-order valence-electron chi connectivity index (χ3n) is 1.83.